The van der Waals surface area contributed by atoms with Crippen molar-refractivity contribution < 1.29 is 9.31 Å². The Hall–Kier alpha value is -1.95. The molecule has 0 aliphatic carbocycles. The highest BCUT2D eigenvalue weighted by Gasteiger charge is 2.22. The fourth-order valence-electron chi connectivity index (χ4n) is 1.99. The van der Waals surface area contributed by atoms with Gasteiger partial charge in [0.1, 0.15) is 11.5 Å². The van der Waals surface area contributed by atoms with Gasteiger partial charge >= 0.3 is 0 Å². The van der Waals surface area contributed by atoms with Crippen LogP contribution in [-0.2, 0) is 0 Å². The average molecular weight is 294 g/mol. The molecule has 1 unspecified atom stereocenters. The monoisotopic (exact) mass is 294 g/mol. The molecule has 0 fully saturated rings. The van der Waals surface area contributed by atoms with Crippen LogP contribution in [-0.4, -0.2) is 4.92 Å². The second kappa shape index (κ2) is 6.00. The highest BCUT2D eigenvalue weighted by atomic mass is 32.1. The quantitative estimate of drug-likeness (QED) is 0.647. The molecule has 20 heavy (non-hydrogen) atoms. The van der Waals surface area contributed by atoms with Gasteiger partial charge in [0.25, 0.3) is 5.69 Å². The number of nitrogens with one attached hydrogen (secondary N) is 1. The number of halogens is 1. The maximum absolute atomic E-state index is 13.3. The van der Waals surface area contributed by atoms with Crippen LogP contribution < -0.4 is 5.32 Å². The summed E-state index contributed by atoms with van der Waals surface area (Å²) in [6, 6.07) is 7.25. The summed E-state index contributed by atoms with van der Waals surface area (Å²) in [7, 11) is 0. The number of rotatable bonds is 5. The van der Waals surface area contributed by atoms with E-state index in [9.17, 15) is 14.5 Å². The topological polar surface area (TPSA) is 55.2 Å². The molecule has 0 bridgehead atoms. The van der Waals surface area contributed by atoms with Crippen molar-refractivity contribution in [1.29, 1.82) is 0 Å². The number of nitrogens with zero attached hydrogens (tertiary/aromatic N) is 1. The Kier molecular flexibility index (Phi) is 4.34. The molecular formula is C14H15FN2O2S. The number of nitro benzene ring substituents is 1. The number of anilines is 1. The molecule has 0 amide bonds. The molecule has 1 heterocycles. The van der Waals surface area contributed by atoms with E-state index in [1.54, 1.807) is 11.3 Å². The molecule has 106 valence electrons. The first kappa shape index (κ1) is 14.5. The molecule has 0 radical (unpaired) electrons. The molecule has 0 saturated heterocycles. The third kappa shape index (κ3) is 3.14. The zero-order chi connectivity index (χ0) is 14.7. The Balaban J connectivity index is 2.36. The molecular weight excluding hydrogens is 279 g/mol. The van der Waals surface area contributed by atoms with Crippen LogP contribution in [0.2, 0.25) is 0 Å². The fraction of sp³-hybridized carbons (Fsp3) is 0.286. The summed E-state index contributed by atoms with van der Waals surface area (Å²) in [4.78, 5) is 11.6. The Bertz CT molecular complexity index is 599. The van der Waals surface area contributed by atoms with Gasteiger partial charge in [-0.15, -0.1) is 11.3 Å². The second-order valence-electron chi connectivity index (χ2n) is 4.80. The molecule has 1 atom stereocenters. The highest BCUT2D eigenvalue weighted by Crippen LogP contribution is 2.33. The summed E-state index contributed by atoms with van der Waals surface area (Å²) >= 11 is 1.57. The first-order valence-electron chi connectivity index (χ1n) is 6.23. The standard InChI is InChI=1S/C14H15FN2O2S/c1-9(2)14(13-4-3-7-20-13)16-11-8-10(15)5-6-12(11)17(18)19/h3-9,14,16H,1-2H3. The molecule has 1 aromatic heterocycles. The van der Waals surface area contributed by atoms with Gasteiger partial charge in [-0.1, -0.05) is 19.9 Å². The zero-order valence-corrected chi connectivity index (χ0v) is 12.0. The van der Waals surface area contributed by atoms with Gasteiger partial charge in [-0.2, -0.15) is 0 Å². The van der Waals surface area contributed by atoms with Crippen LogP contribution >= 0.6 is 11.3 Å². The van der Waals surface area contributed by atoms with Gasteiger partial charge < -0.3 is 5.32 Å². The van der Waals surface area contributed by atoms with Crippen molar-refractivity contribution in [3.8, 4) is 0 Å². The Morgan fingerprint density at radius 3 is 2.65 bits per heavy atom. The van der Waals surface area contributed by atoms with Crippen LogP contribution in [0.1, 0.15) is 24.8 Å². The third-order valence-electron chi connectivity index (χ3n) is 2.98. The minimum absolute atomic E-state index is 0.0875. The lowest BCUT2D eigenvalue weighted by molar-refractivity contribution is -0.384. The lowest BCUT2D eigenvalue weighted by Crippen LogP contribution is -2.16. The summed E-state index contributed by atoms with van der Waals surface area (Å²) in [5.74, 6) is -0.275. The predicted octanol–water partition coefficient (Wildman–Crippen LogP) is 4.60. The predicted molar refractivity (Wildman–Crippen MR) is 78.6 cm³/mol. The maximum Gasteiger partial charge on any atom is 0.292 e. The number of hydrogen-bond acceptors (Lipinski definition) is 4. The Morgan fingerprint density at radius 1 is 1.35 bits per heavy atom. The number of hydrogen-bond donors (Lipinski definition) is 1. The van der Waals surface area contributed by atoms with Crippen LogP contribution in [0.15, 0.2) is 35.7 Å². The van der Waals surface area contributed by atoms with Gasteiger partial charge in [-0.05, 0) is 23.4 Å². The summed E-state index contributed by atoms with van der Waals surface area (Å²) in [5, 5.41) is 16.1. The molecule has 0 aliphatic heterocycles. The van der Waals surface area contributed by atoms with Gasteiger partial charge in [0.2, 0.25) is 0 Å². The van der Waals surface area contributed by atoms with Crippen LogP contribution in [0.25, 0.3) is 0 Å². The van der Waals surface area contributed by atoms with Gasteiger partial charge in [-0.3, -0.25) is 10.1 Å². The zero-order valence-electron chi connectivity index (χ0n) is 11.2. The maximum atomic E-state index is 13.3. The van der Waals surface area contributed by atoms with Crippen LogP contribution in [0, 0.1) is 21.8 Å². The summed E-state index contributed by atoms with van der Waals surface area (Å²) < 4.78 is 13.3. The number of benzene rings is 1. The number of thiophene rings is 1. The van der Waals surface area contributed by atoms with E-state index in [4.69, 9.17) is 0 Å². The molecule has 0 spiro atoms. The van der Waals surface area contributed by atoms with Crippen LogP contribution in [0.3, 0.4) is 0 Å². The first-order valence-corrected chi connectivity index (χ1v) is 7.11. The largest absolute Gasteiger partial charge is 0.372 e. The normalized spacial score (nSPS) is 12.4. The van der Waals surface area contributed by atoms with Crippen molar-refractivity contribution in [2.75, 3.05) is 5.32 Å². The minimum atomic E-state index is -0.506. The Labute approximate surface area is 120 Å². The fourth-order valence-corrected chi connectivity index (χ4v) is 2.93. The second-order valence-corrected chi connectivity index (χ2v) is 5.78. The van der Waals surface area contributed by atoms with E-state index in [-0.39, 0.29) is 23.3 Å². The summed E-state index contributed by atoms with van der Waals surface area (Å²) in [6.07, 6.45) is 0. The molecule has 2 rings (SSSR count). The third-order valence-corrected chi connectivity index (χ3v) is 3.94. The van der Waals surface area contributed by atoms with E-state index in [1.165, 1.54) is 12.1 Å². The highest BCUT2D eigenvalue weighted by molar-refractivity contribution is 7.10. The van der Waals surface area contributed by atoms with Gasteiger partial charge in [-0.25, -0.2) is 4.39 Å². The number of nitro groups is 1. The SMILES string of the molecule is CC(C)C(Nc1cc(F)ccc1[N+](=O)[O-])c1cccs1. The van der Waals surface area contributed by atoms with E-state index in [2.05, 4.69) is 5.32 Å². The van der Waals surface area contributed by atoms with E-state index >= 15 is 0 Å². The molecule has 4 nitrogen and oxygen atoms in total. The van der Waals surface area contributed by atoms with Gasteiger partial charge in [0.15, 0.2) is 0 Å². The van der Waals surface area contributed by atoms with Crippen molar-refractivity contribution in [2.45, 2.75) is 19.9 Å². The molecule has 0 aliphatic rings. The lowest BCUT2D eigenvalue weighted by Gasteiger charge is -2.22. The van der Waals surface area contributed by atoms with Crippen molar-refractivity contribution in [3.05, 3.63) is 56.5 Å². The van der Waals surface area contributed by atoms with Crippen LogP contribution in [0.4, 0.5) is 15.8 Å². The summed E-state index contributed by atoms with van der Waals surface area (Å²) in [5.41, 5.74) is 0.0932. The molecule has 1 N–H and O–H groups in total. The van der Waals surface area contributed by atoms with Crippen molar-refractivity contribution >= 4 is 22.7 Å². The van der Waals surface area contributed by atoms with E-state index in [1.807, 2.05) is 31.4 Å². The molecule has 6 heteroatoms. The van der Waals surface area contributed by atoms with Crippen molar-refractivity contribution in [3.63, 3.8) is 0 Å². The lowest BCUT2D eigenvalue weighted by atomic mass is 10.0. The Morgan fingerprint density at radius 2 is 2.10 bits per heavy atom. The molecule has 1 aromatic carbocycles. The summed E-state index contributed by atoms with van der Waals surface area (Å²) in [6.45, 7) is 4.03. The average Bonchev–Trinajstić information content (AvgIpc) is 2.88. The first-order chi connectivity index (χ1) is 9.49. The van der Waals surface area contributed by atoms with Crippen molar-refractivity contribution in [2.24, 2.45) is 5.92 Å². The van der Waals surface area contributed by atoms with Crippen molar-refractivity contribution in [1.82, 2.24) is 0 Å². The van der Waals surface area contributed by atoms with Gasteiger partial charge in [0, 0.05) is 17.0 Å². The van der Waals surface area contributed by atoms with Crippen LogP contribution in [0.5, 0.6) is 0 Å². The van der Waals surface area contributed by atoms with Gasteiger partial charge in [0.05, 0.1) is 11.0 Å². The smallest absolute Gasteiger partial charge is 0.292 e. The van der Waals surface area contributed by atoms with E-state index < -0.39 is 10.7 Å². The molecule has 2 aromatic rings. The van der Waals surface area contributed by atoms with E-state index in [0.29, 0.717) is 0 Å². The molecule has 0 saturated carbocycles. The van der Waals surface area contributed by atoms with E-state index in [0.717, 1.165) is 10.9 Å². The minimum Gasteiger partial charge on any atom is -0.372 e.